The molecule has 12 heteroatoms. The second kappa shape index (κ2) is 12.6. The molecule has 10 nitrogen and oxygen atoms in total. The Morgan fingerprint density at radius 3 is 2.33 bits per heavy atom. The summed E-state index contributed by atoms with van der Waals surface area (Å²) >= 11 is 3.39. The van der Waals surface area contributed by atoms with Gasteiger partial charge in [-0.3, -0.25) is 4.79 Å². The maximum atomic E-state index is 12.5. The van der Waals surface area contributed by atoms with Gasteiger partial charge >= 0.3 is 5.97 Å². The van der Waals surface area contributed by atoms with Crippen molar-refractivity contribution in [3.05, 3.63) is 82.3 Å². The van der Waals surface area contributed by atoms with Crippen molar-refractivity contribution in [2.45, 2.75) is 25.7 Å². The summed E-state index contributed by atoms with van der Waals surface area (Å²) in [7, 11) is -2.33. The topological polar surface area (TPSA) is 134 Å². The van der Waals surface area contributed by atoms with Gasteiger partial charge in [-0.1, -0.05) is 30.3 Å². The van der Waals surface area contributed by atoms with Crippen LogP contribution >= 0.6 is 15.9 Å². The van der Waals surface area contributed by atoms with Gasteiger partial charge < -0.3 is 14.2 Å². The van der Waals surface area contributed by atoms with Crippen LogP contribution in [0.1, 0.15) is 23.1 Å². The molecule has 0 fully saturated rings. The zero-order valence-electron chi connectivity index (χ0n) is 19.5. The normalized spacial score (nSPS) is 12.0. The SMILES string of the molecule is COc1cc(Cc2cncnc2)cc(OC(CC(=O)C(=O)OCc2ccccc2)NS(C)(=O)=O)c1Br. The van der Waals surface area contributed by atoms with Crippen LogP contribution in [0.2, 0.25) is 0 Å². The van der Waals surface area contributed by atoms with Gasteiger partial charge in [-0.25, -0.2) is 23.2 Å². The van der Waals surface area contributed by atoms with Gasteiger partial charge in [0.15, 0.2) is 6.23 Å². The lowest BCUT2D eigenvalue weighted by Gasteiger charge is -2.21. The number of nitrogens with one attached hydrogen (secondary N) is 1. The van der Waals surface area contributed by atoms with E-state index in [1.165, 1.54) is 13.4 Å². The average Bonchev–Trinajstić information content (AvgIpc) is 2.84. The molecule has 0 aliphatic heterocycles. The van der Waals surface area contributed by atoms with Gasteiger partial charge in [0.25, 0.3) is 0 Å². The first kappa shape index (κ1) is 27.2. The van der Waals surface area contributed by atoms with Gasteiger partial charge in [0.05, 0.1) is 19.8 Å². The quantitative estimate of drug-likeness (QED) is 0.196. The molecule has 190 valence electrons. The number of aromatic nitrogens is 2. The smallest absolute Gasteiger partial charge is 0.375 e. The largest absolute Gasteiger partial charge is 0.495 e. The van der Waals surface area contributed by atoms with E-state index in [4.69, 9.17) is 14.2 Å². The van der Waals surface area contributed by atoms with E-state index < -0.39 is 34.4 Å². The minimum Gasteiger partial charge on any atom is -0.495 e. The van der Waals surface area contributed by atoms with Crippen LogP contribution in [0.4, 0.5) is 0 Å². The molecule has 1 heterocycles. The van der Waals surface area contributed by atoms with Gasteiger partial charge in [0, 0.05) is 18.8 Å². The Balaban J connectivity index is 1.78. The predicted octanol–water partition coefficient (Wildman–Crippen LogP) is 2.80. The lowest BCUT2D eigenvalue weighted by Crippen LogP contribution is -2.41. The highest BCUT2D eigenvalue weighted by Gasteiger charge is 2.26. The second-order valence-corrected chi connectivity index (χ2v) is 10.3. The Bertz CT molecular complexity index is 1310. The number of carbonyl (C=O) groups is 2. The zero-order valence-corrected chi connectivity index (χ0v) is 21.9. The summed E-state index contributed by atoms with van der Waals surface area (Å²) in [6.07, 6.45) is 4.13. The molecule has 1 N–H and O–H groups in total. The van der Waals surface area contributed by atoms with Crippen LogP contribution in [0.5, 0.6) is 11.5 Å². The Kier molecular flexibility index (Phi) is 9.51. The van der Waals surface area contributed by atoms with Crippen LogP contribution in [0.3, 0.4) is 0 Å². The van der Waals surface area contributed by atoms with Gasteiger partial charge in [-0.05, 0) is 44.8 Å². The Labute approximate surface area is 217 Å². The second-order valence-electron chi connectivity index (χ2n) is 7.72. The van der Waals surface area contributed by atoms with Crippen molar-refractivity contribution < 1.29 is 32.2 Å². The van der Waals surface area contributed by atoms with Gasteiger partial charge in [-0.2, -0.15) is 4.72 Å². The minimum absolute atomic E-state index is 0.0928. The number of ketones is 1. The highest BCUT2D eigenvalue weighted by Crippen LogP contribution is 2.37. The van der Waals surface area contributed by atoms with Crippen molar-refractivity contribution in [1.29, 1.82) is 0 Å². The number of benzene rings is 2. The van der Waals surface area contributed by atoms with E-state index in [-0.39, 0.29) is 12.4 Å². The molecule has 0 saturated carbocycles. The van der Waals surface area contributed by atoms with E-state index >= 15 is 0 Å². The average molecular weight is 578 g/mol. The maximum absolute atomic E-state index is 12.5. The fraction of sp³-hybridized carbons (Fsp3) is 0.250. The van der Waals surface area contributed by atoms with Crippen LogP contribution in [0, 0.1) is 0 Å². The van der Waals surface area contributed by atoms with Crippen molar-refractivity contribution in [3.63, 3.8) is 0 Å². The number of methoxy groups -OCH3 is 1. The third kappa shape index (κ3) is 8.40. The summed E-state index contributed by atoms with van der Waals surface area (Å²) in [6.45, 7) is -0.0928. The van der Waals surface area contributed by atoms with Crippen LogP contribution in [-0.4, -0.2) is 49.7 Å². The molecule has 36 heavy (non-hydrogen) atoms. The number of esters is 1. The van der Waals surface area contributed by atoms with E-state index in [1.54, 1.807) is 48.8 Å². The number of rotatable bonds is 12. The molecule has 0 aliphatic rings. The molecular formula is C24H24BrN3O7S. The third-order valence-corrected chi connectivity index (χ3v) is 6.21. The van der Waals surface area contributed by atoms with Crippen molar-refractivity contribution in [3.8, 4) is 11.5 Å². The first-order chi connectivity index (χ1) is 17.1. The molecule has 3 rings (SSSR count). The number of hydrogen-bond acceptors (Lipinski definition) is 9. The molecule has 2 aromatic carbocycles. The molecular weight excluding hydrogens is 554 g/mol. The molecule has 0 amide bonds. The monoisotopic (exact) mass is 577 g/mol. The summed E-state index contributed by atoms with van der Waals surface area (Å²) in [5.74, 6) is -1.43. The first-order valence-corrected chi connectivity index (χ1v) is 13.3. The summed E-state index contributed by atoms with van der Waals surface area (Å²) in [5, 5.41) is 0. The number of Topliss-reactive ketones (excluding diaryl/α,β-unsaturated/α-hetero) is 1. The summed E-state index contributed by atoms with van der Waals surface area (Å²) in [6, 6.07) is 12.3. The molecule has 1 atom stereocenters. The fourth-order valence-electron chi connectivity index (χ4n) is 3.17. The van der Waals surface area contributed by atoms with Crippen LogP contribution in [0.15, 0.2) is 65.7 Å². The van der Waals surface area contributed by atoms with Crippen LogP contribution in [-0.2, 0) is 37.4 Å². The van der Waals surface area contributed by atoms with Crippen molar-refractivity contribution in [2.24, 2.45) is 0 Å². The Morgan fingerprint density at radius 2 is 1.69 bits per heavy atom. The minimum atomic E-state index is -3.80. The summed E-state index contributed by atoms with van der Waals surface area (Å²) < 4.78 is 42.8. The molecule has 1 aromatic heterocycles. The fourth-order valence-corrected chi connectivity index (χ4v) is 4.27. The van der Waals surface area contributed by atoms with E-state index in [9.17, 15) is 18.0 Å². The number of halogens is 1. The van der Waals surface area contributed by atoms with Crippen LogP contribution in [0.25, 0.3) is 0 Å². The highest BCUT2D eigenvalue weighted by atomic mass is 79.9. The molecule has 0 spiro atoms. The van der Waals surface area contributed by atoms with E-state index in [0.717, 1.165) is 17.4 Å². The number of carbonyl (C=O) groups excluding carboxylic acids is 2. The predicted molar refractivity (Wildman–Crippen MR) is 134 cm³/mol. The molecule has 0 bridgehead atoms. The number of hydrogen-bond donors (Lipinski definition) is 1. The van der Waals surface area contributed by atoms with E-state index in [1.807, 2.05) is 6.07 Å². The molecule has 0 aliphatic carbocycles. The van der Waals surface area contributed by atoms with Crippen molar-refractivity contribution in [2.75, 3.05) is 13.4 Å². The lowest BCUT2D eigenvalue weighted by atomic mass is 10.1. The number of sulfonamides is 1. The number of ether oxygens (including phenoxy) is 3. The summed E-state index contributed by atoms with van der Waals surface area (Å²) in [4.78, 5) is 32.8. The van der Waals surface area contributed by atoms with Gasteiger partial charge in [0.2, 0.25) is 15.8 Å². The van der Waals surface area contributed by atoms with Gasteiger partial charge in [-0.15, -0.1) is 0 Å². The van der Waals surface area contributed by atoms with Crippen LogP contribution < -0.4 is 14.2 Å². The molecule has 0 saturated heterocycles. The molecule has 3 aromatic rings. The molecule has 0 radical (unpaired) electrons. The maximum Gasteiger partial charge on any atom is 0.375 e. The van der Waals surface area contributed by atoms with Crippen molar-refractivity contribution in [1.82, 2.24) is 14.7 Å². The van der Waals surface area contributed by atoms with Gasteiger partial charge in [0.1, 0.15) is 28.9 Å². The third-order valence-electron chi connectivity index (χ3n) is 4.73. The Hall–Kier alpha value is -3.35. The highest BCUT2D eigenvalue weighted by molar-refractivity contribution is 9.10. The first-order valence-electron chi connectivity index (χ1n) is 10.6. The number of nitrogens with zero attached hydrogens (tertiary/aromatic N) is 2. The molecule has 1 unspecified atom stereocenters. The standard InChI is InChI=1S/C24H24BrN3O7S/c1-33-20-9-17(8-18-12-26-15-27-13-18)10-21(23(20)25)35-22(28-36(2,31)32)11-19(29)24(30)34-14-16-6-4-3-5-7-16/h3-7,9-10,12-13,15,22,28H,8,11,14H2,1-2H3. The van der Waals surface area contributed by atoms with Crippen molar-refractivity contribution >= 4 is 37.7 Å². The Morgan fingerprint density at radius 1 is 1.03 bits per heavy atom. The lowest BCUT2D eigenvalue weighted by molar-refractivity contribution is -0.155. The summed E-state index contributed by atoms with van der Waals surface area (Å²) in [5.41, 5.74) is 2.29. The van der Waals surface area contributed by atoms with E-state index in [2.05, 4.69) is 30.6 Å². The zero-order chi connectivity index (χ0) is 26.1. The van der Waals surface area contributed by atoms with E-state index in [0.29, 0.717) is 22.2 Å².